The summed E-state index contributed by atoms with van der Waals surface area (Å²) in [7, 11) is 0. The van der Waals surface area contributed by atoms with Crippen molar-refractivity contribution in [2.45, 2.75) is 95.6 Å². The lowest BCUT2D eigenvalue weighted by Gasteiger charge is -2.33. The van der Waals surface area contributed by atoms with Crippen LogP contribution >= 0.6 is 0 Å². The Morgan fingerprint density at radius 1 is 0.775 bits per heavy atom. The van der Waals surface area contributed by atoms with Crippen molar-refractivity contribution in [3.05, 3.63) is 58.5 Å². The number of benzene rings is 2. The van der Waals surface area contributed by atoms with Gasteiger partial charge in [0.25, 0.3) is 0 Å². The van der Waals surface area contributed by atoms with E-state index in [0.29, 0.717) is 28.7 Å². The molecule has 0 amide bonds. The van der Waals surface area contributed by atoms with Crippen LogP contribution < -0.4 is 5.32 Å². The lowest BCUT2D eigenvalue weighted by Crippen LogP contribution is -2.30. The van der Waals surface area contributed by atoms with Crippen molar-refractivity contribution in [2.24, 2.45) is 16.7 Å². The number of hydrogen-bond acceptors (Lipinski definition) is 4. The van der Waals surface area contributed by atoms with E-state index in [2.05, 4.69) is 34.7 Å². The maximum atomic E-state index is 10.9. The zero-order valence-electron chi connectivity index (χ0n) is 23.5. The Labute approximate surface area is 237 Å². The first kappa shape index (κ1) is 24.0. The van der Waals surface area contributed by atoms with Crippen LogP contribution in [0.2, 0.25) is 0 Å². The predicted octanol–water partition coefficient (Wildman–Crippen LogP) is 6.82. The van der Waals surface area contributed by atoms with Gasteiger partial charge in [-0.05, 0) is 127 Å². The molecular formula is C35H41N3O2. The summed E-state index contributed by atoms with van der Waals surface area (Å²) in [6.07, 6.45) is 18.0. The maximum Gasteiger partial charge on any atom is 0.124 e. The molecule has 3 heterocycles. The van der Waals surface area contributed by atoms with Crippen molar-refractivity contribution in [3.8, 4) is 28.1 Å². The van der Waals surface area contributed by atoms with Gasteiger partial charge in [-0.2, -0.15) is 0 Å². The van der Waals surface area contributed by atoms with E-state index in [1.807, 2.05) is 6.07 Å². The summed E-state index contributed by atoms with van der Waals surface area (Å²) in [6.45, 7) is 1.75. The van der Waals surface area contributed by atoms with Crippen LogP contribution in [0.3, 0.4) is 0 Å². The standard InChI is InChI=1S/C35H41N3O2/c39-31-8-7-24(27-17-34(19-29(27)31)9-1-2-10-34)23-5-6-25(28-18-35(16-26(23)28)11-13-40-14-12-35)30-20-36-33(38-30)32-21-3-4-22(15-21)37-32/h5-8,20-22,32,37,39H,1-4,9-19H2,(H,36,38). The molecule has 3 atom stereocenters. The van der Waals surface area contributed by atoms with Crippen LogP contribution in [0.1, 0.15) is 91.9 Å². The van der Waals surface area contributed by atoms with Gasteiger partial charge in [0.2, 0.25) is 0 Å². The molecule has 2 aliphatic heterocycles. The third-order valence-corrected chi connectivity index (χ3v) is 12.1. The SMILES string of the molecule is Oc1ccc(-c2ccc(-c3cnc(C4NC5CCC4C5)[nH]3)c3c2CC2(CCOCC2)C3)c2c1CC1(CCCC1)C2. The highest BCUT2D eigenvalue weighted by atomic mass is 16.5. The van der Waals surface area contributed by atoms with Crippen molar-refractivity contribution in [1.82, 2.24) is 15.3 Å². The van der Waals surface area contributed by atoms with Crippen molar-refractivity contribution < 1.29 is 9.84 Å². The molecule has 6 aliphatic rings. The van der Waals surface area contributed by atoms with Gasteiger partial charge in [-0.25, -0.2) is 4.98 Å². The number of nitrogens with one attached hydrogen (secondary N) is 2. The number of fused-ring (bicyclic) bond motifs is 4. The van der Waals surface area contributed by atoms with Crippen molar-refractivity contribution >= 4 is 0 Å². The molecule has 4 fully saturated rings. The number of hydrogen-bond donors (Lipinski definition) is 3. The van der Waals surface area contributed by atoms with Gasteiger partial charge in [0.1, 0.15) is 11.6 Å². The minimum atomic E-state index is 0.299. The zero-order chi connectivity index (χ0) is 26.5. The number of ether oxygens (including phenoxy) is 1. The molecule has 40 heavy (non-hydrogen) atoms. The molecule has 3 unspecified atom stereocenters. The van der Waals surface area contributed by atoms with Gasteiger partial charge in [-0.3, -0.25) is 0 Å². The van der Waals surface area contributed by atoms with E-state index in [1.54, 1.807) is 0 Å². The second-order valence-electron chi connectivity index (χ2n) is 14.3. The second kappa shape index (κ2) is 8.69. The first-order chi connectivity index (χ1) is 19.6. The number of imidazole rings is 1. The summed E-state index contributed by atoms with van der Waals surface area (Å²) in [5.41, 5.74) is 11.7. The average molecular weight is 536 g/mol. The van der Waals surface area contributed by atoms with Crippen LogP contribution in [0.4, 0.5) is 0 Å². The summed E-state index contributed by atoms with van der Waals surface area (Å²) in [6, 6.07) is 10.0. The first-order valence-electron chi connectivity index (χ1n) is 16.0. The lowest BCUT2D eigenvalue weighted by atomic mass is 9.77. The van der Waals surface area contributed by atoms with Gasteiger partial charge in [-0.15, -0.1) is 0 Å². The summed E-state index contributed by atoms with van der Waals surface area (Å²) in [4.78, 5) is 8.72. The fourth-order valence-electron chi connectivity index (χ4n) is 9.99. The van der Waals surface area contributed by atoms with E-state index in [-0.39, 0.29) is 0 Å². The normalized spacial score (nSPS) is 29.1. The van der Waals surface area contributed by atoms with Crippen LogP contribution in [-0.4, -0.2) is 34.3 Å². The van der Waals surface area contributed by atoms with Gasteiger partial charge < -0.3 is 20.1 Å². The quantitative estimate of drug-likeness (QED) is 0.344. The highest BCUT2D eigenvalue weighted by molar-refractivity contribution is 5.81. The fourth-order valence-corrected chi connectivity index (χ4v) is 9.99. The molecule has 5 nitrogen and oxygen atoms in total. The zero-order valence-corrected chi connectivity index (χ0v) is 23.5. The number of phenols is 1. The monoisotopic (exact) mass is 535 g/mol. The molecule has 208 valence electrons. The van der Waals surface area contributed by atoms with Crippen molar-refractivity contribution in [3.63, 3.8) is 0 Å². The maximum absolute atomic E-state index is 10.9. The number of aromatic hydroxyl groups is 1. The van der Waals surface area contributed by atoms with Gasteiger partial charge in [0.15, 0.2) is 0 Å². The smallest absolute Gasteiger partial charge is 0.124 e. The molecular weight excluding hydrogens is 494 g/mol. The number of aromatic nitrogens is 2. The predicted molar refractivity (Wildman–Crippen MR) is 156 cm³/mol. The molecule has 5 heteroatoms. The van der Waals surface area contributed by atoms with Crippen LogP contribution in [0, 0.1) is 16.7 Å². The average Bonchev–Trinajstić information content (AvgIpc) is 3.81. The Bertz CT molecular complexity index is 1490. The Kier molecular flexibility index (Phi) is 5.22. The summed E-state index contributed by atoms with van der Waals surface area (Å²) in [5.74, 6) is 2.36. The molecule has 3 N–H and O–H groups in total. The molecule has 0 radical (unpaired) electrons. The molecule has 2 spiro atoms. The summed E-state index contributed by atoms with van der Waals surface area (Å²) >= 11 is 0. The van der Waals surface area contributed by atoms with Gasteiger partial charge in [0, 0.05) is 24.8 Å². The molecule has 2 saturated carbocycles. The highest BCUT2D eigenvalue weighted by Crippen LogP contribution is 2.55. The van der Waals surface area contributed by atoms with E-state index < -0.39 is 0 Å². The van der Waals surface area contributed by atoms with E-state index in [1.165, 1.54) is 89.6 Å². The van der Waals surface area contributed by atoms with Crippen LogP contribution in [0.15, 0.2) is 30.5 Å². The van der Waals surface area contributed by atoms with E-state index in [9.17, 15) is 5.11 Å². The van der Waals surface area contributed by atoms with E-state index in [0.717, 1.165) is 63.5 Å². The molecule has 2 aromatic carbocycles. The molecule has 4 aliphatic carbocycles. The highest BCUT2D eigenvalue weighted by Gasteiger charge is 2.45. The lowest BCUT2D eigenvalue weighted by molar-refractivity contribution is 0.0199. The van der Waals surface area contributed by atoms with Crippen LogP contribution in [0.5, 0.6) is 5.75 Å². The Hall–Kier alpha value is -2.63. The molecule has 2 bridgehead atoms. The number of H-pyrrole nitrogens is 1. The van der Waals surface area contributed by atoms with Gasteiger partial charge in [0.05, 0.1) is 17.9 Å². The molecule has 1 aromatic heterocycles. The van der Waals surface area contributed by atoms with E-state index >= 15 is 0 Å². The Balaban J connectivity index is 1.15. The minimum Gasteiger partial charge on any atom is -0.508 e. The van der Waals surface area contributed by atoms with Crippen LogP contribution in [-0.2, 0) is 30.4 Å². The summed E-state index contributed by atoms with van der Waals surface area (Å²) in [5, 5.41) is 14.8. The van der Waals surface area contributed by atoms with Crippen molar-refractivity contribution in [1.29, 1.82) is 0 Å². The number of piperidine rings is 1. The topological polar surface area (TPSA) is 70.2 Å². The second-order valence-corrected chi connectivity index (χ2v) is 14.3. The Morgan fingerprint density at radius 3 is 2.15 bits per heavy atom. The third-order valence-electron chi connectivity index (χ3n) is 12.1. The van der Waals surface area contributed by atoms with Gasteiger partial charge >= 0.3 is 0 Å². The van der Waals surface area contributed by atoms with E-state index in [4.69, 9.17) is 9.72 Å². The number of phenolic OH excluding ortho intramolecular Hbond substituents is 1. The number of rotatable bonds is 3. The number of aromatic amines is 1. The third kappa shape index (κ3) is 3.56. The summed E-state index contributed by atoms with van der Waals surface area (Å²) < 4.78 is 5.85. The minimum absolute atomic E-state index is 0.299. The Morgan fingerprint density at radius 2 is 1.43 bits per heavy atom. The first-order valence-corrected chi connectivity index (χ1v) is 16.0. The molecule has 9 rings (SSSR count). The molecule has 2 saturated heterocycles. The fraction of sp³-hybridized carbons (Fsp3) is 0.571. The number of nitrogens with zero attached hydrogens (tertiary/aromatic N) is 1. The van der Waals surface area contributed by atoms with Crippen molar-refractivity contribution in [2.75, 3.05) is 13.2 Å². The van der Waals surface area contributed by atoms with Crippen LogP contribution in [0.25, 0.3) is 22.4 Å². The van der Waals surface area contributed by atoms with Gasteiger partial charge in [-0.1, -0.05) is 31.0 Å². The molecule has 3 aromatic rings. The largest absolute Gasteiger partial charge is 0.508 e.